The molecule has 0 saturated heterocycles. The van der Waals surface area contributed by atoms with Crippen LogP contribution in [0.1, 0.15) is 32.6 Å². The van der Waals surface area contributed by atoms with Crippen molar-refractivity contribution in [2.75, 3.05) is 27.9 Å². The Bertz CT molecular complexity index is 921. The number of benzene rings is 2. The molecule has 2 aromatic carbocycles. The van der Waals surface area contributed by atoms with Gasteiger partial charge in [-0.3, -0.25) is 9.59 Å². The van der Waals surface area contributed by atoms with Crippen molar-refractivity contribution in [3.05, 3.63) is 52.1 Å². The summed E-state index contributed by atoms with van der Waals surface area (Å²) in [5.41, 5.74) is 6.94. The summed E-state index contributed by atoms with van der Waals surface area (Å²) < 4.78 is 15.7. The Hall–Kier alpha value is -3.55. The molecule has 8 heteroatoms. The van der Waals surface area contributed by atoms with Crippen molar-refractivity contribution in [2.24, 2.45) is 5.10 Å². The molecule has 0 radical (unpaired) electrons. The molecule has 160 valence electrons. The molecule has 2 rings (SSSR count). The minimum atomic E-state index is -0.460. The number of amides is 2. The third-order valence-electron chi connectivity index (χ3n) is 4.46. The maximum Gasteiger partial charge on any atom is 0.259 e. The lowest BCUT2D eigenvalue weighted by molar-refractivity contribution is -0.120. The van der Waals surface area contributed by atoms with E-state index in [1.165, 1.54) is 39.0 Å². The van der Waals surface area contributed by atoms with Gasteiger partial charge in [0.25, 0.3) is 11.8 Å². The molecule has 0 aliphatic rings. The van der Waals surface area contributed by atoms with Crippen molar-refractivity contribution in [3.8, 4) is 17.2 Å². The van der Waals surface area contributed by atoms with Gasteiger partial charge in [-0.25, -0.2) is 5.43 Å². The Morgan fingerprint density at radius 1 is 0.933 bits per heavy atom. The van der Waals surface area contributed by atoms with Gasteiger partial charge in [0, 0.05) is 11.1 Å². The summed E-state index contributed by atoms with van der Waals surface area (Å²) in [5, 5.41) is 6.53. The molecule has 0 atom stereocenters. The van der Waals surface area contributed by atoms with Crippen LogP contribution in [-0.2, 0) is 4.79 Å². The number of aryl methyl sites for hydroxylation is 3. The highest BCUT2D eigenvalue weighted by Gasteiger charge is 2.17. The summed E-state index contributed by atoms with van der Waals surface area (Å²) >= 11 is 0. The third kappa shape index (κ3) is 5.50. The molecule has 0 fully saturated rings. The summed E-state index contributed by atoms with van der Waals surface area (Å²) in [4.78, 5) is 24.5. The standard InChI is InChI=1S/C22H27N3O5/c1-13-7-14(2)17(15(3)8-13)11-24-25-20(26)12-23-22(27)16-9-18(28-4)21(30-6)19(10-16)29-5/h7-11H,12H2,1-6H3,(H,23,27)(H,25,26). The first-order chi connectivity index (χ1) is 14.3. The van der Waals surface area contributed by atoms with Crippen LogP contribution in [0.4, 0.5) is 0 Å². The molecular weight excluding hydrogens is 386 g/mol. The molecule has 30 heavy (non-hydrogen) atoms. The van der Waals surface area contributed by atoms with Crippen LogP contribution in [0.3, 0.4) is 0 Å². The summed E-state index contributed by atoms with van der Waals surface area (Å²) in [5.74, 6) is 0.165. The number of hydrogen-bond acceptors (Lipinski definition) is 6. The van der Waals surface area contributed by atoms with Crippen molar-refractivity contribution >= 4 is 18.0 Å². The van der Waals surface area contributed by atoms with Crippen molar-refractivity contribution < 1.29 is 23.8 Å². The zero-order valence-corrected chi connectivity index (χ0v) is 18.1. The van der Waals surface area contributed by atoms with E-state index in [0.29, 0.717) is 17.2 Å². The van der Waals surface area contributed by atoms with E-state index in [4.69, 9.17) is 14.2 Å². The predicted octanol–water partition coefficient (Wildman–Crippen LogP) is 2.52. The van der Waals surface area contributed by atoms with Gasteiger partial charge in [-0.05, 0) is 44.0 Å². The van der Waals surface area contributed by atoms with Crippen LogP contribution in [0, 0.1) is 20.8 Å². The van der Waals surface area contributed by atoms with Gasteiger partial charge in [0.05, 0.1) is 34.1 Å². The molecule has 2 aromatic rings. The van der Waals surface area contributed by atoms with Crippen LogP contribution in [0.25, 0.3) is 0 Å². The van der Waals surface area contributed by atoms with E-state index in [1.54, 1.807) is 6.21 Å². The Morgan fingerprint density at radius 2 is 1.50 bits per heavy atom. The van der Waals surface area contributed by atoms with Crippen LogP contribution in [0.5, 0.6) is 17.2 Å². The van der Waals surface area contributed by atoms with Crippen LogP contribution >= 0.6 is 0 Å². The highest BCUT2D eigenvalue weighted by atomic mass is 16.5. The van der Waals surface area contributed by atoms with Gasteiger partial charge in [0.15, 0.2) is 11.5 Å². The molecule has 0 aromatic heterocycles. The second kappa shape index (κ2) is 10.3. The van der Waals surface area contributed by atoms with Gasteiger partial charge in [-0.1, -0.05) is 17.7 Å². The first-order valence-electron chi connectivity index (χ1n) is 9.28. The Morgan fingerprint density at radius 3 is 2.00 bits per heavy atom. The number of rotatable bonds is 8. The molecule has 0 saturated carbocycles. The lowest BCUT2D eigenvalue weighted by Crippen LogP contribution is -2.35. The van der Waals surface area contributed by atoms with Gasteiger partial charge in [-0.15, -0.1) is 0 Å². The van der Waals surface area contributed by atoms with E-state index in [9.17, 15) is 9.59 Å². The Kier molecular flexibility index (Phi) is 7.80. The minimum absolute atomic E-state index is 0.237. The molecule has 0 unspecified atom stereocenters. The molecular formula is C22H27N3O5. The van der Waals surface area contributed by atoms with E-state index in [1.807, 2.05) is 32.9 Å². The lowest BCUT2D eigenvalue weighted by Gasteiger charge is -2.14. The topological polar surface area (TPSA) is 98.2 Å². The number of nitrogens with zero attached hydrogens (tertiary/aromatic N) is 1. The molecule has 0 aliphatic carbocycles. The quantitative estimate of drug-likeness (QED) is 0.512. The zero-order valence-electron chi connectivity index (χ0n) is 18.1. The van der Waals surface area contributed by atoms with Gasteiger partial charge < -0.3 is 19.5 Å². The first-order valence-corrected chi connectivity index (χ1v) is 9.28. The van der Waals surface area contributed by atoms with Crippen LogP contribution in [0.2, 0.25) is 0 Å². The normalized spacial score (nSPS) is 10.6. The molecule has 2 N–H and O–H groups in total. The molecule has 2 amide bonds. The van der Waals surface area contributed by atoms with Crippen LogP contribution in [-0.4, -0.2) is 45.9 Å². The van der Waals surface area contributed by atoms with Crippen LogP contribution in [0.15, 0.2) is 29.4 Å². The Labute approximate surface area is 176 Å². The number of carbonyl (C=O) groups excluding carboxylic acids is 2. The molecule has 0 heterocycles. The fraction of sp³-hybridized carbons (Fsp3) is 0.318. The summed E-state index contributed by atoms with van der Waals surface area (Å²) in [6, 6.07) is 7.12. The molecule has 8 nitrogen and oxygen atoms in total. The highest BCUT2D eigenvalue weighted by molar-refractivity contribution is 5.97. The molecule has 0 bridgehead atoms. The predicted molar refractivity (Wildman–Crippen MR) is 115 cm³/mol. The molecule has 0 spiro atoms. The van der Waals surface area contributed by atoms with Gasteiger partial charge in [0.1, 0.15) is 0 Å². The fourth-order valence-corrected chi connectivity index (χ4v) is 3.08. The van der Waals surface area contributed by atoms with Gasteiger partial charge in [0.2, 0.25) is 5.75 Å². The van der Waals surface area contributed by atoms with Crippen molar-refractivity contribution in [3.63, 3.8) is 0 Å². The number of hydrogen-bond donors (Lipinski definition) is 2. The summed E-state index contributed by atoms with van der Waals surface area (Å²) in [6.45, 7) is 5.76. The monoisotopic (exact) mass is 413 g/mol. The second-order valence-electron chi connectivity index (χ2n) is 6.70. The Balaban J connectivity index is 1.99. The van der Waals surface area contributed by atoms with Crippen LogP contribution < -0.4 is 25.0 Å². The summed E-state index contributed by atoms with van der Waals surface area (Å²) in [6.07, 6.45) is 1.60. The smallest absolute Gasteiger partial charge is 0.259 e. The zero-order chi connectivity index (χ0) is 22.3. The SMILES string of the molecule is COc1cc(C(=O)NCC(=O)NN=Cc2c(C)cc(C)cc2C)cc(OC)c1OC. The largest absolute Gasteiger partial charge is 0.493 e. The van der Waals surface area contributed by atoms with E-state index in [0.717, 1.165) is 16.7 Å². The number of methoxy groups -OCH3 is 3. The minimum Gasteiger partial charge on any atom is -0.493 e. The van der Waals surface area contributed by atoms with Crippen molar-refractivity contribution in [2.45, 2.75) is 20.8 Å². The average Bonchev–Trinajstić information content (AvgIpc) is 2.72. The number of ether oxygens (including phenoxy) is 3. The van der Waals surface area contributed by atoms with Crippen molar-refractivity contribution in [1.82, 2.24) is 10.7 Å². The van der Waals surface area contributed by atoms with Gasteiger partial charge >= 0.3 is 0 Å². The van der Waals surface area contributed by atoms with Crippen molar-refractivity contribution in [1.29, 1.82) is 0 Å². The fourth-order valence-electron chi connectivity index (χ4n) is 3.08. The number of nitrogens with one attached hydrogen (secondary N) is 2. The second-order valence-corrected chi connectivity index (χ2v) is 6.70. The number of hydrazone groups is 1. The summed E-state index contributed by atoms with van der Waals surface area (Å²) in [7, 11) is 4.40. The number of carbonyl (C=O) groups is 2. The van der Waals surface area contributed by atoms with Gasteiger partial charge in [-0.2, -0.15) is 5.10 Å². The third-order valence-corrected chi connectivity index (χ3v) is 4.46. The highest BCUT2D eigenvalue weighted by Crippen LogP contribution is 2.38. The lowest BCUT2D eigenvalue weighted by atomic mass is 10.0. The maximum absolute atomic E-state index is 12.4. The average molecular weight is 413 g/mol. The van der Waals surface area contributed by atoms with E-state index >= 15 is 0 Å². The van der Waals surface area contributed by atoms with E-state index in [-0.39, 0.29) is 12.1 Å². The maximum atomic E-state index is 12.4. The first kappa shape index (κ1) is 22.7. The van der Waals surface area contributed by atoms with E-state index < -0.39 is 11.8 Å². The molecule has 0 aliphatic heterocycles. The van der Waals surface area contributed by atoms with E-state index in [2.05, 4.69) is 15.8 Å².